The number of benzene rings is 1. The summed E-state index contributed by atoms with van der Waals surface area (Å²) in [6, 6.07) is 7.90. The number of hydrogen-bond donors (Lipinski definition) is 1. The van der Waals surface area contributed by atoms with Crippen LogP contribution < -0.4 is 5.32 Å². The molecule has 1 aromatic carbocycles. The molecule has 2 heterocycles. The highest BCUT2D eigenvalue weighted by Crippen LogP contribution is 2.30. The summed E-state index contributed by atoms with van der Waals surface area (Å²) < 4.78 is 0. The summed E-state index contributed by atoms with van der Waals surface area (Å²) in [7, 11) is 0. The number of hydrogen-bond acceptors (Lipinski definition) is 4. The standard InChI is InChI=1S/C17H21ClN4/c1-3-19-17-20-15-9-10-22(4-2)11-14(15)16(21-17)12-5-7-13(18)8-6-12/h5-8H,3-4,9-11H2,1-2H3,(H,19,20,21). The van der Waals surface area contributed by atoms with Crippen LogP contribution in [0.3, 0.4) is 0 Å². The van der Waals surface area contributed by atoms with Crippen LogP contribution in [0.2, 0.25) is 5.02 Å². The van der Waals surface area contributed by atoms with Crippen molar-refractivity contribution < 1.29 is 0 Å². The maximum atomic E-state index is 6.02. The van der Waals surface area contributed by atoms with Crippen LogP contribution in [-0.2, 0) is 13.0 Å². The molecule has 0 spiro atoms. The molecule has 0 atom stereocenters. The number of likely N-dealkylation sites (N-methyl/N-ethyl adjacent to an activating group) is 1. The highest BCUT2D eigenvalue weighted by atomic mass is 35.5. The minimum Gasteiger partial charge on any atom is -0.354 e. The summed E-state index contributed by atoms with van der Waals surface area (Å²) in [6.45, 7) is 8.10. The Morgan fingerprint density at radius 3 is 2.64 bits per heavy atom. The van der Waals surface area contributed by atoms with Crippen LogP contribution in [0.25, 0.3) is 11.3 Å². The second-order valence-corrected chi connectivity index (χ2v) is 5.91. The minimum absolute atomic E-state index is 0.719. The molecule has 0 unspecified atom stereocenters. The number of aromatic nitrogens is 2. The molecule has 1 aliphatic rings. The lowest BCUT2D eigenvalue weighted by atomic mass is 9.99. The van der Waals surface area contributed by atoms with Crippen LogP contribution >= 0.6 is 11.6 Å². The molecule has 3 rings (SSSR count). The normalized spacial score (nSPS) is 14.7. The number of halogens is 1. The van der Waals surface area contributed by atoms with Gasteiger partial charge in [-0.2, -0.15) is 0 Å². The van der Waals surface area contributed by atoms with E-state index in [4.69, 9.17) is 21.6 Å². The van der Waals surface area contributed by atoms with Gasteiger partial charge in [-0.15, -0.1) is 0 Å². The third-order valence-electron chi connectivity index (χ3n) is 4.04. The van der Waals surface area contributed by atoms with Gasteiger partial charge in [-0.05, 0) is 25.6 Å². The van der Waals surface area contributed by atoms with Crippen molar-refractivity contribution in [1.29, 1.82) is 0 Å². The quantitative estimate of drug-likeness (QED) is 0.935. The summed E-state index contributed by atoms with van der Waals surface area (Å²) in [5.74, 6) is 0.719. The fourth-order valence-corrected chi connectivity index (χ4v) is 2.95. The first-order valence-corrected chi connectivity index (χ1v) is 8.21. The van der Waals surface area contributed by atoms with Crippen molar-refractivity contribution >= 4 is 17.5 Å². The van der Waals surface area contributed by atoms with E-state index in [9.17, 15) is 0 Å². The van der Waals surface area contributed by atoms with Crippen molar-refractivity contribution in [2.75, 3.05) is 25.0 Å². The Labute approximate surface area is 136 Å². The molecule has 116 valence electrons. The molecular weight excluding hydrogens is 296 g/mol. The first-order valence-electron chi connectivity index (χ1n) is 7.83. The predicted octanol–water partition coefficient (Wildman–Crippen LogP) is 3.61. The van der Waals surface area contributed by atoms with Crippen molar-refractivity contribution in [2.45, 2.75) is 26.8 Å². The molecular formula is C17H21ClN4. The largest absolute Gasteiger partial charge is 0.354 e. The van der Waals surface area contributed by atoms with Crippen molar-refractivity contribution in [1.82, 2.24) is 14.9 Å². The molecule has 0 saturated carbocycles. The molecule has 0 saturated heterocycles. The lowest BCUT2D eigenvalue weighted by Crippen LogP contribution is -2.31. The monoisotopic (exact) mass is 316 g/mol. The Morgan fingerprint density at radius 1 is 1.18 bits per heavy atom. The van der Waals surface area contributed by atoms with E-state index in [0.717, 1.165) is 54.8 Å². The number of fused-ring (bicyclic) bond motifs is 1. The molecule has 1 N–H and O–H groups in total. The zero-order chi connectivity index (χ0) is 15.5. The second kappa shape index (κ2) is 6.63. The van der Waals surface area contributed by atoms with Crippen molar-refractivity contribution in [2.24, 2.45) is 0 Å². The molecule has 0 bridgehead atoms. The lowest BCUT2D eigenvalue weighted by Gasteiger charge is -2.28. The van der Waals surface area contributed by atoms with E-state index in [2.05, 4.69) is 24.1 Å². The van der Waals surface area contributed by atoms with E-state index in [-0.39, 0.29) is 0 Å². The van der Waals surface area contributed by atoms with Crippen molar-refractivity contribution in [3.8, 4) is 11.3 Å². The summed E-state index contributed by atoms with van der Waals surface area (Å²) in [5, 5.41) is 3.99. The van der Waals surface area contributed by atoms with E-state index in [1.807, 2.05) is 24.3 Å². The van der Waals surface area contributed by atoms with Gasteiger partial charge in [0.15, 0.2) is 0 Å². The predicted molar refractivity (Wildman–Crippen MR) is 91.3 cm³/mol. The molecule has 1 aliphatic heterocycles. The molecule has 2 aromatic rings. The van der Waals surface area contributed by atoms with Gasteiger partial charge in [0.1, 0.15) is 0 Å². The summed E-state index contributed by atoms with van der Waals surface area (Å²) in [6.07, 6.45) is 0.977. The number of nitrogens with zero attached hydrogens (tertiary/aromatic N) is 3. The van der Waals surface area contributed by atoms with Gasteiger partial charge >= 0.3 is 0 Å². The third kappa shape index (κ3) is 3.08. The van der Waals surface area contributed by atoms with Gasteiger partial charge in [0.25, 0.3) is 0 Å². The average molecular weight is 317 g/mol. The van der Waals surface area contributed by atoms with Gasteiger partial charge in [-0.3, -0.25) is 4.90 Å². The third-order valence-corrected chi connectivity index (χ3v) is 4.29. The van der Waals surface area contributed by atoms with Gasteiger partial charge in [0, 0.05) is 42.2 Å². The Balaban J connectivity index is 2.09. The Bertz CT molecular complexity index is 654. The lowest BCUT2D eigenvalue weighted by molar-refractivity contribution is 0.266. The van der Waals surface area contributed by atoms with Crippen LogP contribution in [0.5, 0.6) is 0 Å². The van der Waals surface area contributed by atoms with Gasteiger partial charge in [0.05, 0.1) is 11.4 Å². The maximum absolute atomic E-state index is 6.02. The first kappa shape index (κ1) is 15.3. The van der Waals surface area contributed by atoms with Crippen molar-refractivity contribution in [3.63, 3.8) is 0 Å². The average Bonchev–Trinajstić information content (AvgIpc) is 2.55. The van der Waals surface area contributed by atoms with E-state index in [0.29, 0.717) is 0 Å². The number of rotatable bonds is 4. The van der Waals surface area contributed by atoms with Gasteiger partial charge < -0.3 is 5.32 Å². The fourth-order valence-electron chi connectivity index (χ4n) is 2.82. The van der Waals surface area contributed by atoms with Crippen LogP contribution in [0.4, 0.5) is 5.95 Å². The number of nitrogens with one attached hydrogen (secondary N) is 1. The van der Waals surface area contributed by atoms with Gasteiger partial charge in [0.2, 0.25) is 5.95 Å². The van der Waals surface area contributed by atoms with Crippen LogP contribution in [0.1, 0.15) is 25.1 Å². The summed E-state index contributed by atoms with van der Waals surface area (Å²) in [4.78, 5) is 11.9. The molecule has 0 amide bonds. The summed E-state index contributed by atoms with van der Waals surface area (Å²) >= 11 is 6.02. The summed E-state index contributed by atoms with van der Waals surface area (Å²) in [5.41, 5.74) is 4.54. The van der Waals surface area contributed by atoms with E-state index < -0.39 is 0 Å². The zero-order valence-corrected chi connectivity index (χ0v) is 13.8. The minimum atomic E-state index is 0.719. The van der Waals surface area contributed by atoms with Crippen molar-refractivity contribution in [3.05, 3.63) is 40.5 Å². The topological polar surface area (TPSA) is 41.1 Å². The van der Waals surface area contributed by atoms with E-state index in [1.165, 1.54) is 11.3 Å². The molecule has 0 fully saturated rings. The molecule has 22 heavy (non-hydrogen) atoms. The van der Waals surface area contributed by atoms with E-state index in [1.54, 1.807) is 0 Å². The zero-order valence-electron chi connectivity index (χ0n) is 13.1. The van der Waals surface area contributed by atoms with Crippen LogP contribution in [0.15, 0.2) is 24.3 Å². The van der Waals surface area contributed by atoms with E-state index >= 15 is 0 Å². The number of anilines is 1. The molecule has 0 aliphatic carbocycles. The maximum Gasteiger partial charge on any atom is 0.223 e. The SMILES string of the molecule is CCNc1nc2c(c(-c3ccc(Cl)cc3)n1)CN(CC)CC2. The Hall–Kier alpha value is -1.65. The first-order chi connectivity index (χ1) is 10.7. The van der Waals surface area contributed by atoms with Gasteiger partial charge in [-0.25, -0.2) is 9.97 Å². The van der Waals surface area contributed by atoms with Crippen LogP contribution in [0, 0.1) is 0 Å². The van der Waals surface area contributed by atoms with Gasteiger partial charge in [-0.1, -0.05) is 30.7 Å². The highest BCUT2D eigenvalue weighted by molar-refractivity contribution is 6.30. The second-order valence-electron chi connectivity index (χ2n) is 5.48. The highest BCUT2D eigenvalue weighted by Gasteiger charge is 2.22. The molecule has 1 aromatic heterocycles. The molecule has 0 radical (unpaired) electrons. The van der Waals surface area contributed by atoms with Crippen LogP contribution in [-0.4, -0.2) is 34.5 Å². The molecule has 5 heteroatoms. The smallest absolute Gasteiger partial charge is 0.223 e. The Kier molecular flexibility index (Phi) is 4.60. The molecule has 4 nitrogen and oxygen atoms in total. The Morgan fingerprint density at radius 2 is 1.95 bits per heavy atom. The fraction of sp³-hybridized carbons (Fsp3) is 0.412.